The Morgan fingerprint density at radius 2 is 1.67 bits per heavy atom. The molecule has 0 unspecified atom stereocenters. The molecule has 0 atom stereocenters. The largest absolute Gasteiger partial charge is 0.238 e. The van der Waals surface area contributed by atoms with Crippen molar-refractivity contribution in [3.8, 4) is 0 Å². The average molecular weight is 326 g/mol. The van der Waals surface area contributed by atoms with Gasteiger partial charge in [-0.1, -0.05) is 52.3 Å². The van der Waals surface area contributed by atoms with Crippen LogP contribution >= 0.6 is 15.9 Å². The van der Waals surface area contributed by atoms with Gasteiger partial charge in [0.2, 0.25) is 10.0 Å². The highest BCUT2D eigenvalue weighted by molar-refractivity contribution is 9.10. The van der Waals surface area contributed by atoms with Crippen molar-refractivity contribution in [1.29, 1.82) is 0 Å². The summed E-state index contributed by atoms with van der Waals surface area (Å²) in [6.07, 6.45) is 0.522. The number of hydrogen-bond donors (Lipinski definition) is 1. The first kappa shape index (κ1) is 13.3. The Balaban J connectivity index is 2.51. The van der Waals surface area contributed by atoms with E-state index in [0.29, 0.717) is 12.0 Å². The van der Waals surface area contributed by atoms with Crippen LogP contribution in [0.4, 0.5) is 0 Å². The first-order valence-electron chi connectivity index (χ1n) is 5.32. The summed E-state index contributed by atoms with van der Waals surface area (Å²) in [4.78, 5) is 0.167. The van der Waals surface area contributed by atoms with E-state index in [2.05, 4.69) is 15.9 Å². The van der Waals surface area contributed by atoms with Gasteiger partial charge in [-0.2, -0.15) is 0 Å². The minimum absolute atomic E-state index is 0.167. The third-order valence-corrected chi connectivity index (χ3v) is 4.34. The highest BCUT2D eigenvalue weighted by Gasteiger charge is 2.16. The van der Waals surface area contributed by atoms with Crippen molar-refractivity contribution >= 4 is 26.0 Å². The van der Waals surface area contributed by atoms with E-state index >= 15 is 0 Å². The third-order valence-electron chi connectivity index (χ3n) is 2.61. The number of nitrogens with two attached hydrogens (primary N) is 1. The quantitative estimate of drug-likeness (QED) is 0.943. The van der Waals surface area contributed by atoms with Crippen molar-refractivity contribution < 1.29 is 8.42 Å². The normalized spacial score (nSPS) is 11.4. The first-order chi connectivity index (χ1) is 8.48. The summed E-state index contributed by atoms with van der Waals surface area (Å²) < 4.78 is 23.9. The molecule has 2 N–H and O–H groups in total. The smallest absolute Gasteiger partial charge is 0.225 e. The van der Waals surface area contributed by atoms with Gasteiger partial charge in [0.1, 0.15) is 0 Å². The van der Waals surface area contributed by atoms with Crippen molar-refractivity contribution in [2.75, 3.05) is 0 Å². The van der Waals surface area contributed by atoms with E-state index in [1.54, 1.807) is 6.07 Å². The maximum absolute atomic E-state index is 11.6. The lowest BCUT2D eigenvalue weighted by Crippen LogP contribution is -2.15. The van der Waals surface area contributed by atoms with Crippen molar-refractivity contribution in [1.82, 2.24) is 0 Å². The SMILES string of the molecule is NS(=O)(=O)c1cccc(Br)c1Cc1ccccc1. The maximum Gasteiger partial charge on any atom is 0.238 e. The van der Waals surface area contributed by atoms with E-state index in [1.807, 2.05) is 36.4 Å². The van der Waals surface area contributed by atoms with Crippen molar-refractivity contribution in [2.45, 2.75) is 11.3 Å². The lowest BCUT2D eigenvalue weighted by Gasteiger charge is -2.10. The molecular formula is C13H12BrNO2S. The molecule has 0 heterocycles. The molecule has 0 amide bonds. The molecule has 18 heavy (non-hydrogen) atoms. The van der Waals surface area contributed by atoms with Crippen LogP contribution in [0.3, 0.4) is 0 Å². The van der Waals surface area contributed by atoms with Crippen LogP contribution in [0.25, 0.3) is 0 Å². The van der Waals surface area contributed by atoms with Gasteiger partial charge in [0.25, 0.3) is 0 Å². The standard InChI is InChI=1S/C13H12BrNO2S/c14-12-7-4-8-13(18(15,16)17)11(12)9-10-5-2-1-3-6-10/h1-8H,9H2,(H2,15,16,17). The predicted molar refractivity (Wildman–Crippen MR) is 74.8 cm³/mol. The first-order valence-corrected chi connectivity index (χ1v) is 7.66. The Hall–Kier alpha value is -1.17. The highest BCUT2D eigenvalue weighted by Crippen LogP contribution is 2.26. The van der Waals surface area contributed by atoms with E-state index < -0.39 is 10.0 Å². The molecule has 0 spiro atoms. The van der Waals surface area contributed by atoms with Gasteiger partial charge < -0.3 is 0 Å². The molecular weight excluding hydrogens is 314 g/mol. The second-order valence-electron chi connectivity index (χ2n) is 3.92. The topological polar surface area (TPSA) is 60.2 Å². The molecule has 0 radical (unpaired) electrons. The molecule has 2 aromatic rings. The average Bonchev–Trinajstić information content (AvgIpc) is 2.32. The molecule has 3 nitrogen and oxygen atoms in total. The maximum atomic E-state index is 11.6. The number of primary sulfonamides is 1. The summed E-state index contributed by atoms with van der Waals surface area (Å²) >= 11 is 3.38. The van der Waals surface area contributed by atoms with Gasteiger partial charge in [0.05, 0.1) is 4.90 Å². The van der Waals surface area contributed by atoms with Gasteiger partial charge in [-0.25, -0.2) is 13.6 Å². The minimum atomic E-state index is -3.71. The fourth-order valence-electron chi connectivity index (χ4n) is 1.78. The minimum Gasteiger partial charge on any atom is -0.225 e. The van der Waals surface area contributed by atoms with Gasteiger partial charge in [-0.15, -0.1) is 0 Å². The highest BCUT2D eigenvalue weighted by atomic mass is 79.9. The van der Waals surface area contributed by atoms with E-state index in [9.17, 15) is 8.42 Å². The number of rotatable bonds is 3. The number of hydrogen-bond acceptors (Lipinski definition) is 2. The molecule has 0 aliphatic rings. The van der Waals surface area contributed by atoms with Crippen molar-refractivity contribution in [2.24, 2.45) is 5.14 Å². The monoisotopic (exact) mass is 325 g/mol. The summed E-state index contributed by atoms with van der Waals surface area (Å²) in [5.41, 5.74) is 1.72. The third kappa shape index (κ3) is 2.98. The Labute approximate surface area is 115 Å². The van der Waals surface area contributed by atoms with E-state index in [0.717, 1.165) is 10.0 Å². The van der Waals surface area contributed by atoms with Crippen molar-refractivity contribution in [3.05, 3.63) is 64.1 Å². The molecule has 0 aliphatic carbocycles. The second kappa shape index (κ2) is 5.22. The zero-order valence-electron chi connectivity index (χ0n) is 9.51. The zero-order valence-corrected chi connectivity index (χ0v) is 11.9. The fourth-order valence-corrected chi connectivity index (χ4v) is 3.21. The van der Waals surface area contributed by atoms with Crippen LogP contribution in [-0.2, 0) is 16.4 Å². The Kier molecular flexibility index (Phi) is 3.85. The van der Waals surface area contributed by atoms with Crippen LogP contribution in [0.5, 0.6) is 0 Å². The number of halogens is 1. The molecule has 94 valence electrons. The van der Waals surface area contributed by atoms with E-state index in [1.165, 1.54) is 6.07 Å². The number of benzene rings is 2. The van der Waals surface area contributed by atoms with Crippen LogP contribution in [0.15, 0.2) is 57.9 Å². The predicted octanol–water partition coefficient (Wildman–Crippen LogP) is 2.69. The lowest BCUT2D eigenvalue weighted by molar-refractivity contribution is 0.597. The molecule has 0 aromatic heterocycles. The summed E-state index contributed by atoms with van der Waals surface area (Å²) in [5, 5.41) is 5.23. The molecule has 0 bridgehead atoms. The Morgan fingerprint density at radius 3 is 2.28 bits per heavy atom. The van der Waals surface area contributed by atoms with E-state index in [-0.39, 0.29) is 4.90 Å². The molecule has 0 saturated heterocycles. The Bertz CT molecular complexity index is 654. The molecule has 2 rings (SSSR count). The second-order valence-corrected chi connectivity index (χ2v) is 6.31. The summed E-state index contributed by atoms with van der Waals surface area (Å²) in [6, 6.07) is 14.7. The Morgan fingerprint density at radius 1 is 1.00 bits per heavy atom. The summed E-state index contributed by atoms with van der Waals surface area (Å²) in [6.45, 7) is 0. The molecule has 2 aromatic carbocycles. The van der Waals surface area contributed by atoms with Crippen LogP contribution in [0, 0.1) is 0 Å². The molecule has 0 aliphatic heterocycles. The van der Waals surface area contributed by atoms with Gasteiger partial charge in [-0.3, -0.25) is 0 Å². The van der Waals surface area contributed by atoms with Gasteiger partial charge in [0.15, 0.2) is 0 Å². The van der Waals surface area contributed by atoms with Crippen LogP contribution in [0.1, 0.15) is 11.1 Å². The van der Waals surface area contributed by atoms with Crippen molar-refractivity contribution in [3.63, 3.8) is 0 Å². The van der Waals surface area contributed by atoms with Crippen LogP contribution < -0.4 is 5.14 Å². The van der Waals surface area contributed by atoms with Crippen LogP contribution in [0.2, 0.25) is 0 Å². The van der Waals surface area contributed by atoms with Gasteiger partial charge in [0, 0.05) is 4.47 Å². The van der Waals surface area contributed by atoms with Gasteiger partial charge in [-0.05, 0) is 29.7 Å². The lowest BCUT2D eigenvalue weighted by atomic mass is 10.1. The molecule has 5 heteroatoms. The number of sulfonamides is 1. The van der Waals surface area contributed by atoms with E-state index in [4.69, 9.17) is 5.14 Å². The molecule has 0 saturated carbocycles. The van der Waals surface area contributed by atoms with Crippen LogP contribution in [-0.4, -0.2) is 8.42 Å². The van der Waals surface area contributed by atoms with Gasteiger partial charge >= 0.3 is 0 Å². The molecule has 0 fully saturated rings. The summed E-state index contributed by atoms with van der Waals surface area (Å²) in [7, 11) is -3.71. The zero-order chi connectivity index (χ0) is 13.2. The fraction of sp³-hybridized carbons (Fsp3) is 0.0769. The summed E-state index contributed by atoms with van der Waals surface area (Å²) in [5.74, 6) is 0.